The first-order chi connectivity index (χ1) is 11.8. The van der Waals surface area contributed by atoms with Gasteiger partial charge in [-0.1, -0.05) is 6.07 Å². The van der Waals surface area contributed by atoms with Crippen molar-refractivity contribution in [1.29, 1.82) is 0 Å². The number of guanidine groups is 1. The van der Waals surface area contributed by atoms with Gasteiger partial charge in [-0.2, -0.15) is 0 Å². The Bertz CT molecular complexity index is 782. The van der Waals surface area contributed by atoms with E-state index in [4.69, 9.17) is 0 Å². The van der Waals surface area contributed by atoms with Crippen molar-refractivity contribution in [2.75, 3.05) is 7.05 Å². The van der Waals surface area contributed by atoms with Gasteiger partial charge in [0.1, 0.15) is 12.1 Å². The molecule has 7 nitrogen and oxygen atoms in total. The minimum absolute atomic E-state index is 0.622. The van der Waals surface area contributed by atoms with Crippen LogP contribution in [0.15, 0.2) is 66.4 Å². The van der Waals surface area contributed by atoms with Crippen molar-refractivity contribution in [3.8, 4) is 5.82 Å². The number of aliphatic imine (C=N–C) groups is 1. The van der Waals surface area contributed by atoms with E-state index in [1.54, 1.807) is 32.0 Å². The van der Waals surface area contributed by atoms with E-state index in [-0.39, 0.29) is 0 Å². The number of nitrogens with one attached hydrogen (secondary N) is 2. The van der Waals surface area contributed by atoms with E-state index in [0.29, 0.717) is 13.1 Å². The van der Waals surface area contributed by atoms with Crippen molar-refractivity contribution in [3.63, 3.8) is 0 Å². The van der Waals surface area contributed by atoms with Gasteiger partial charge in [0, 0.05) is 38.4 Å². The van der Waals surface area contributed by atoms with Crippen LogP contribution in [0.3, 0.4) is 0 Å². The van der Waals surface area contributed by atoms with E-state index >= 15 is 0 Å². The van der Waals surface area contributed by atoms with Crippen LogP contribution in [-0.2, 0) is 13.1 Å². The summed E-state index contributed by atoms with van der Waals surface area (Å²) in [4.78, 5) is 16.9. The molecule has 0 unspecified atom stereocenters. The number of pyridine rings is 2. The Hall–Kier alpha value is -3.22. The third-order valence-electron chi connectivity index (χ3n) is 3.43. The Morgan fingerprint density at radius 2 is 2.00 bits per heavy atom. The average molecular weight is 321 g/mol. The lowest BCUT2D eigenvalue weighted by atomic mass is 10.2. The summed E-state index contributed by atoms with van der Waals surface area (Å²) in [6.45, 7) is 1.27. The van der Waals surface area contributed by atoms with Crippen LogP contribution in [0.4, 0.5) is 0 Å². The Morgan fingerprint density at radius 3 is 2.75 bits per heavy atom. The van der Waals surface area contributed by atoms with E-state index in [2.05, 4.69) is 30.6 Å². The maximum atomic E-state index is 4.35. The molecule has 3 rings (SSSR count). The second-order valence-electron chi connectivity index (χ2n) is 5.09. The first-order valence-electron chi connectivity index (χ1n) is 7.63. The van der Waals surface area contributed by atoms with Crippen LogP contribution < -0.4 is 10.6 Å². The van der Waals surface area contributed by atoms with Crippen molar-refractivity contribution in [2.24, 2.45) is 4.99 Å². The van der Waals surface area contributed by atoms with Crippen molar-refractivity contribution in [3.05, 3.63) is 72.7 Å². The molecule has 0 aliphatic heterocycles. The molecule has 7 heteroatoms. The van der Waals surface area contributed by atoms with Crippen LogP contribution in [0.1, 0.15) is 11.3 Å². The second-order valence-corrected chi connectivity index (χ2v) is 5.09. The normalized spacial score (nSPS) is 11.3. The highest BCUT2D eigenvalue weighted by Gasteiger charge is 2.02. The van der Waals surface area contributed by atoms with Crippen LogP contribution in [0.5, 0.6) is 0 Å². The molecule has 0 aromatic carbocycles. The number of imidazole rings is 1. The predicted molar refractivity (Wildman–Crippen MR) is 92.6 cm³/mol. The highest BCUT2D eigenvalue weighted by atomic mass is 15.2. The van der Waals surface area contributed by atoms with Gasteiger partial charge < -0.3 is 10.6 Å². The van der Waals surface area contributed by atoms with E-state index in [9.17, 15) is 0 Å². The molecule has 0 saturated carbocycles. The van der Waals surface area contributed by atoms with Crippen molar-refractivity contribution in [1.82, 2.24) is 30.2 Å². The molecule has 0 aliphatic carbocycles. The topological polar surface area (TPSA) is 80.0 Å². The standard InChI is InChI=1S/C17H19N7/c1-18-17(23-12-15-4-2-3-6-20-15)22-11-14-5-7-21-16(10-14)24-9-8-19-13-24/h2-10,13H,11-12H2,1H3,(H2,18,22,23). The Morgan fingerprint density at radius 1 is 1.08 bits per heavy atom. The average Bonchev–Trinajstić information content (AvgIpc) is 3.18. The summed E-state index contributed by atoms with van der Waals surface area (Å²) >= 11 is 0. The van der Waals surface area contributed by atoms with Crippen molar-refractivity contribution in [2.45, 2.75) is 13.1 Å². The first kappa shape index (κ1) is 15.7. The third-order valence-corrected chi connectivity index (χ3v) is 3.43. The number of hydrogen-bond acceptors (Lipinski definition) is 4. The molecular formula is C17H19N7. The van der Waals surface area contributed by atoms with Gasteiger partial charge in [-0.25, -0.2) is 9.97 Å². The number of hydrogen-bond donors (Lipinski definition) is 2. The predicted octanol–water partition coefficient (Wildman–Crippen LogP) is 1.53. The minimum Gasteiger partial charge on any atom is -0.352 e. The summed E-state index contributed by atoms with van der Waals surface area (Å²) in [7, 11) is 1.75. The SMILES string of the molecule is CN=C(NCc1ccnc(-n2ccnc2)c1)NCc1ccccn1. The highest BCUT2D eigenvalue weighted by Crippen LogP contribution is 2.06. The lowest BCUT2D eigenvalue weighted by molar-refractivity contribution is 0.792. The molecule has 0 radical (unpaired) electrons. The van der Waals surface area contributed by atoms with Crippen LogP contribution in [0, 0.1) is 0 Å². The largest absolute Gasteiger partial charge is 0.352 e. The summed E-state index contributed by atoms with van der Waals surface area (Å²) in [5.41, 5.74) is 2.07. The monoisotopic (exact) mass is 321 g/mol. The first-order valence-corrected chi connectivity index (χ1v) is 7.63. The molecule has 0 spiro atoms. The van der Waals surface area contributed by atoms with Gasteiger partial charge in [-0.3, -0.25) is 14.5 Å². The number of nitrogens with zero attached hydrogens (tertiary/aromatic N) is 5. The maximum absolute atomic E-state index is 4.35. The fourth-order valence-corrected chi connectivity index (χ4v) is 2.19. The van der Waals surface area contributed by atoms with Crippen molar-refractivity contribution >= 4 is 5.96 Å². The second kappa shape index (κ2) is 7.87. The molecule has 3 aromatic heterocycles. The molecular weight excluding hydrogens is 302 g/mol. The fourth-order valence-electron chi connectivity index (χ4n) is 2.19. The van der Waals surface area contributed by atoms with E-state index < -0.39 is 0 Å². The molecule has 0 saturated heterocycles. The zero-order chi connectivity index (χ0) is 16.6. The highest BCUT2D eigenvalue weighted by molar-refractivity contribution is 5.79. The molecule has 2 N–H and O–H groups in total. The quantitative estimate of drug-likeness (QED) is 0.550. The Kier molecular flexibility index (Phi) is 5.14. The van der Waals surface area contributed by atoms with Gasteiger partial charge in [0.15, 0.2) is 5.96 Å². The molecule has 3 heterocycles. The van der Waals surface area contributed by atoms with Gasteiger partial charge in [0.05, 0.1) is 12.2 Å². The lowest BCUT2D eigenvalue weighted by Crippen LogP contribution is -2.36. The van der Waals surface area contributed by atoms with Crippen LogP contribution >= 0.6 is 0 Å². The van der Waals surface area contributed by atoms with Crippen LogP contribution in [0.25, 0.3) is 5.82 Å². The zero-order valence-corrected chi connectivity index (χ0v) is 13.4. The lowest BCUT2D eigenvalue weighted by Gasteiger charge is -2.12. The summed E-state index contributed by atoms with van der Waals surface area (Å²) < 4.78 is 1.87. The Labute approximate surface area is 140 Å². The third kappa shape index (κ3) is 4.16. The zero-order valence-electron chi connectivity index (χ0n) is 13.4. The van der Waals surface area contributed by atoms with Gasteiger partial charge in [-0.15, -0.1) is 0 Å². The summed E-state index contributed by atoms with van der Waals surface area (Å²) in [5, 5.41) is 6.53. The summed E-state index contributed by atoms with van der Waals surface area (Å²) in [6.07, 6.45) is 8.90. The van der Waals surface area contributed by atoms with Crippen LogP contribution in [0.2, 0.25) is 0 Å². The van der Waals surface area contributed by atoms with E-state index in [0.717, 1.165) is 23.0 Å². The van der Waals surface area contributed by atoms with Gasteiger partial charge in [0.25, 0.3) is 0 Å². The van der Waals surface area contributed by atoms with Crippen molar-refractivity contribution < 1.29 is 0 Å². The van der Waals surface area contributed by atoms with E-state index in [1.165, 1.54) is 0 Å². The van der Waals surface area contributed by atoms with Crippen LogP contribution in [-0.4, -0.2) is 32.5 Å². The molecule has 122 valence electrons. The Balaban J connectivity index is 1.57. The molecule has 0 fully saturated rings. The molecule has 24 heavy (non-hydrogen) atoms. The molecule has 0 aliphatic rings. The molecule has 0 amide bonds. The number of rotatable bonds is 5. The molecule has 3 aromatic rings. The van der Waals surface area contributed by atoms with E-state index in [1.807, 2.05) is 41.1 Å². The maximum Gasteiger partial charge on any atom is 0.191 e. The minimum atomic E-state index is 0.622. The van der Waals surface area contributed by atoms with Gasteiger partial charge in [-0.05, 0) is 29.8 Å². The summed E-state index contributed by atoms with van der Waals surface area (Å²) in [5.74, 6) is 1.56. The molecule has 0 atom stereocenters. The van der Waals surface area contributed by atoms with Gasteiger partial charge in [0.2, 0.25) is 0 Å². The smallest absolute Gasteiger partial charge is 0.191 e. The number of aromatic nitrogens is 4. The molecule has 0 bridgehead atoms. The summed E-state index contributed by atoms with van der Waals surface area (Å²) in [6, 6.07) is 9.83. The fraction of sp³-hybridized carbons (Fsp3) is 0.176. The van der Waals surface area contributed by atoms with Gasteiger partial charge >= 0.3 is 0 Å².